The van der Waals surface area contributed by atoms with Crippen molar-refractivity contribution in [3.05, 3.63) is 35.9 Å². The summed E-state index contributed by atoms with van der Waals surface area (Å²) in [6.07, 6.45) is 0.803. The summed E-state index contributed by atoms with van der Waals surface area (Å²) in [7, 11) is 0. The van der Waals surface area contributed by atoms with E-state index in [1.165, 1.54) is 0 Å². The molecule has 2 unspecified atom stereocenters. The molecule has 1 saturated heterocycles. The van der Waals surface area contributed by atoms with Crippen LogP contribution in [0, 0.1) is 0 Å². The second-order valence-corrected chi connectivity index (χ2v) is 6.12. The molecule has 0 saturated carbocycles. The average Bonchev–Trinajstić information content (AvgIpc) is 2.54. The van der Waals surface area contributed by atoms with Gasteiger partial charge in [-0.3, -0.25) is 9.69 Å². The van der Waals surface area contributed by atoms with Crippen LogP contribution in [0.25, 0.3) is 0 Å². The van der Waals surface area contributed by atoms with Gasteiger partial charge < -0.3 is 15.7 Å². The molecular formula is C17H27N3O2. The number of nitrogens with two attached hydrogens (primary N) is 1. The topological polar surface area (TPSA) is 69.8 Å². The van der Waals surface area contributed by atoms with E-state index in [9.17, 15) is 9.90 Å². The Labute approximate surface area is 132 Å². The maximum Gasteiger partial charge on any atom is 0.222 e. The van der Waals surface area contributed by atoms with Crippen LogP contribution in [0.15, 0.2) is 30.3 Å². The fraction of sp³-hybridized carbons (Fsp3) is 0.588. The summed E-state index contributed by atoms with van der Waals surface area (Å²) in [5.74, 6) is 0.195. The van der Waals surface area contributed by atoms with Gasteiger partial charge in [0.05, 0.1) is 6.10 Å². The first kappa shape index (κ1) is 16.9. The molecule has 1 fully saturated rings. The fourth-order valence-corrected chi connectivity index (χ4v) is 2.71. The largest absolute Gasteiger partial charge is 0.387 e. The molecule has 122 valence electrons. The second-order valence-electron chi connectivity index (χ2n) is 6.12. The van der Waals surface area contributed by atoms with Crippen molar-refractivity contribution in [3.63, 3.8) is 0 Å². The van der Waals surface area contributed by atoms with Gasteiger partial charge in [-0.1, -0.05) is 30.3 Å². The molecule has 3 N–H and O–H groups in total. The number of carbonyl (C=O) groups is 1. The number of amides is 1. The molecule has 2 atom stereocenters. The number of aliphatic hydroxyl groups is 1. The van der Waals surface area contributed by atoms with Gasteiger partial charge in [-0.05, 0) is 18.9 Å². The molecule has 1 aliphatic heterocycles. The highest BCUT2D eigenvalue weighted by Crippen LogP contribution is 2.15. The van der Waals surface area contributed by atoms with Gasteiger partial charge in [0, 0.05) is 45.2 Å². The number of aliphatic hydroxyl groups excluding tert-OH is 1. The zero-order chi connectivity index (χ0) is 15.9. The van der Waals surface area contributed by atoms with Crippen molar-refractivity contribution in [3.8, 4) is 0 Å². The van der Waals surface area contributed by atoms with Crippen LogP contribution in [-0.4, -0.2) is 59.6 Å². The highest BCUT2D eigenvalue weighted by atomic mass is 16.3. The van der Waals surface area contributed by atoms with Crippen LogP contribution in [0.5, 0.6) is 0 Å². The van der Waals surface area contributed by atoms with Crippen LogP contribution in [0.2, 0.25) is 0 Å². The molecular weight excluding hydrogens is 278 g/mol. The summed E-state index contributed by atoms with van der Waals surface area (Å²) in [4.78, 5) is 16.2. The van der Waals surface area contributed by atoms with Gasteiger partial charge >= 0.3 is 0 Å². The predicted octanol–water partition coefficient (Wildman–Crippen LogP) is 0.992. The summed E-state index contributed by atoms with van der Waals surface area (Å²) < 4.78 is 0. The Bertz CT molecular complexity index is 456. The molecule has 5 nitrogen and oxygen atoms in total. The monoisotopic (exact) mass is 305 g/mol. The summed E-state index contributed by atoms with van der Waals surface area (Å²) >= 11 is 0. The van der Waals surface area contributed by atoms with Crippen LogP contribution in [0.3, 0.4) is 0 Å². The minimum atomic E-state index is -0.471. The van der Waals surface area contributed by atoms with E-state index < -0.39 is 6.10 Å². The fourth-order valence-electron chi connectivity index (χ4n) is 2.71. The minimum absolute atomic E-state index is 0.0752. The van der Waals surface area contributed by atoms with Crippen molar-refractivity contribution < 1.29 is 9.90 Å². The molecule has 1 aromatic carbocycles. The zero-order valence-electron chi connectivity index (χ0n) is 13.3. The lowest BCUT2D eigenvalue weighted by atomic mass is 10.1. The Kier molecular flexibility index (Phi) is 6.36. The quantitative estimate of drug-likeness (QED) is 0.822. The van der Waals surface area contributed by atoms with E-state index in [-0.39, 0.29) is 11.9 Å². The van der Waals surface area contributed by atoms with Gasteiger partial charge in [0.1, 0.15) is 0 Å². The van der Waals surface area contributed by atoms with Gasteiger partial charge in [0.15, 0.2) is 0 Å². The first-order valence-electron chi connectivity index (χ1n) is 8.05. The maximum atomic E-state index is 12.1. The van der Waals surface area contributed by atoms with E-state index in [1.807, 2.05) is 42.2 Å². The number of hydrogen-bond acceptors (Lipinski definition) is 4. The first-order chi connectivity index (χ1) is 10.6. The number of benzene rings is 1. The van der Waals surface area contributed by atoms with Gasteiger partial charge in [0.25, 0.3) is 0 Å². The van der Waals surface area contributed by atoms with E-state index >= 15 is 0 Å². The van der Waals surface area contributed by atoms with Gasteiger partial charge in [0.2, 0.25) is 5.91 Å². The Morgan fingerprint density at radius 2 is 1.86 bits per heavy atom. The van der Waals surface area contributed by atoms with Crippen LogP contribution in [0.1, 0.15) is 31.4 Å². The molecule has 0 bridgehead atoms. The highest BCUT2D eigenvalue weighted by Gasteiger charge is 2.22. The third-order valence-electron chi connectivity index (χ3n) is 4.15. The van der Waals surface area contributed by atoms with Crippen molar-refractivity contribution in [2.24, 2.45) is 5.73 Å². The van der Waals surface area contributed by atoms with E-state index in [0.29, 0.717) is 13.0 Å². The van der Waals surface area contributed by atoms with Crippen LogP contribution >= 0.6 is 0 Å². The third-order valence-corrected chi connectivity index (χ3v) is 4.15. The number of nitrogens with zero attached hydrogens (tertiary/aromatic N) is 2. The van der Waals surface area contributed by atoms with Crippen LogP contribution in [-0.2, 0) is 4.79 Å². The van der Waals surface area contributed by atoms with E-state index in [4.69, 9.17) is 5.73 Å². The maximum absolute atomic E-state index is 12.1. The molecule has 0 spiro atoms. The standard InChI is InChI=1S/C17H27N3O2/c1-14(18)7-8-17(22)20-11-9-19(10-12-20)13-16(21)15-5-3-2-4-6-15/h2-6,14,16,21H,7-13,18H2,1H3. The lowest BCUT2D eigenvalue weighted by Crippen LogP contribution is -2.49. The second kappa shape index (κ2) is 8.27. The Morgan fingerprint density at radius 3 is 2.45 bits per heavy atom. The lowest BCUT2D eigenvalue weighted by molar-refractivity contribution is -0.133. The van der Waals surface area contributed by atoms with Crippen molar-refractivity contribution in [2.45, 2.75) is 31.9 Å². The summed E-state index contributed by atoms with van der Waals surface area (Å²) in [6, 6.07) is 9.78. The highest BCUT2D eigenvalue weighted by molar-refractivity contribution is 5.76. The summed E-state index contributed by atoms with van der Waals surface area (Å²) in [5.41, 5.74) is 6.64. The van der Waals surface area contributed by atoms with Gasteiger partial charge in [-0.2, -0.15) is 0 Å². The molecule has 1 aromatic rings. The molecule has 1 amide bonds. The number of rotatable bonds is 6. The normalized spacial score (nSPS) is 19.0. The molecule has 1 heterocycles. The molecule has 0 aliphatic carbocycles. The van der Waals surface area contributed by atoms with Crippen molar-refractivity contribution in [1.29, 1.82) is 0 Å². The van der Waals surface area contributed by atoms with E-state index in [1.54, 1.807) is 0 Å². The first-order valence-corrected chi connectivity index (χ1v) is 8.05. The number of carbonyl (C=O) groups excluding carboxylic acids is 1. The van der Waals surface area contributed by atoms with E-state index in [2.05, 4.69) is 4.90 Å². The van der Waals surface area contributed by atoms with Crippen molar-refractivity contribution in [2.75, 3.05) is 32.7 Å². The Hall–Kier alpha value is -1.43. The predicted molar refractivity (Wildman–Crippen MR) is 87.3 cm³/mol. The number of β-amino-alcohol motifs (C(OH)–C–C–N with tert-alkyl or cyclic N) is 1. The number of piperazine rings is 1. The smallest absolute Gasteiger partial charge is 0.222 e. The van der Waals surface area contributed by atoms with Crippen LogP contribution in [0.4, 0.5) is 0 Å². The molecule has 1 aliphatic rings. The zero-order valence-corrected chi connectivity index (χ0v) is 13.3. The van der Waals surface area contributed by atoms with Crippen LogP contribution < -0.4 is 5.73 Å². The summed E-state index contributed by atoms with van der Waals surface area (Å²) in [5, 5.41) is 10.3. The van der Waals surface area contributed by atoms with Crippen molar-refractivity contribution in [1.82, 2.24) is 9.80 Å². The molecule has 0 aromatic heterocycles. The summed E-state index contributed by atoms with van der Waals surface area (Å²) in [6.45, 7) is 5.64. The number of hydrogen-bond donors (Lipinski definition) is 2. The van der Waals surface area contributed by atoms with Gasteiger partial charge in [-0.25, -0.2) is 0 Å². The minimum Gasteiger partial charge on any atom is -0.387 e. The Balaban J connectivity index is 1.74. The average molecular weight is 305 g/mol. The van der Waals surface area contributed by atoms with Gasteiger partial charge in [-0.15, -0.1) is 0 Å². The third kappa shape index (κ3) is 5.09. The van der Waals surface area contributed by atoms with Crippen molar-refractivity contribution >= 4 is 5.91 Å². The molecule has 2 rings (SSSR count). The Morgan fingerprint density at radius 1 is 1.23 bits per heavy atom. The molecule has 5 heteroatoms. The SMILES string of the molecule is CC(N)CCC(=O)N1CCN(CC(O)c2ccccc2)CC1. The molecule has 0 radical (unpaired) electrons. The lowest BCUT2D eigenvalue weighted by Gasteiger charge is -2.35. The molecule has 22 heavy (non-hydrogen) atoms. The van der Waals surface area contributed by atoms with E-state index in [0.717, 1.165) is 38.2 Å².